The lowest BCUT2D eigenvalue weighted by Crippen LogP contribution is -2.16. The zero-order valence-corrected chi connectivity index (χ0v) is 16.9. The highest BCUT2D eigenvalue weighted by Gasteiger charge is 2.17. The van der Waals surface area contributed by atoms with Crippen LogP contribution in [0.4, 0.5) is 4.79 Å². The average molecular weight is 412 g/mol. The van der Waals surface area contributed by atoms with Gasteiger partial charge < -0.3 is 14.2 Å². The monoisotopic (exact) mass is 412 g/mol. The van der Waals surface area contributed by atoms with Crippen LogP contribution >= 0.6 is 0 Å². The molecule has 4 rings (SSSR count). The molecule has 0 aliphatic rings. The van der Waals surface area contributed by atoms with Crippen molar-refractivity contribution in [3.63, 3.8) is 0 Å². The Balaban J connectivity index is 1.49. The Labute approximate surface area is 179 Å². The first-order chi connectivity index (χ1) is 15.2. The summed E-state index contributed by atoms with van der Waals surface area (Å²) in [6.07, 6.45) is -0.936. The molecule has 31 heavy (non-hydrogen) atoms. The molecule has 0 aromatic heterocycles. The summed E-state index contributed by atoms with van der Waals surface area (Å²) in [7, 11) is 0. The number of esters is 1. The number of ether oxygens (including phenoxy) is 3. The fourth-order valence-corrected chi connectivity index (χ4v) is 3.32. The summed E-state index contributed by atoms with van der Waals surface area (Å²) in [5.41, 5.74) is 2.26. The van der Waals surface area contributed by atoms with Gasteiger partial charge in [0.1, 0.15) is 17.1 Å². The molecular weight excluding hydrogens is 392 g/mol. The highest BCUT2D eigenvalue weighted by Crippen LogP contribution is 2.30. The number of carbonyl (C=O) groups is 2. The van der Waals surface area contributed by atoms with Crippen LogP contribution in [0.15, 0.2) is 91.0 Å². The standard InChI is InChI=1S/C26H20O5/c1-2-29-25(27)23-11-5-6-13-24(23)31-26(28)30-20-16-14-19(15-17-20)22-12-7-9-18-8-3-4-10-21(18)22/h3-17H,2H2,1H3. The normalized spacial score (nSPS) is 10.5. The predicted molar refractivity (Wildman–Crippen MR) is 118 cm³/mol. The van der Waals surface area contributed by atoms with Crippen molar-refractivity contribution in [3.05, 3.63) is 96.6 Å². The molecule has 0 unspecified atom stereocenters. The van der Waals surface area contributed by atoms with E-state index in [1.165, 1.54) is 12.1 Å². The van der Waals surface area contributed by atoms with E-state index < -0.39 is 12.1 Å². The minimum Gasteiger partial charge on any atom is -0.462 e. The molecule has 5 nitrogen and oxygen atoms in total. The van der Waals surface area contributed by atoms with Crippen molar-refractivity contribution in [2.24, 2.45) is 0 Å². The molecule has 0 aliphatic carbocycles. The van der Waals surface area contributed by atoms with Gasteiger partial charge in [0.05, 0.1) is 6.61 Å². The van der Waals surface area contributed by atoms with Gasteiger partial charge in [0.25, 0.3) is 0 Å². The molecule has 5 heteroatoms. The molecule has 0 N–H and O–H groups in total. The molecule has 0 amide bonds. The van der Waals surface area contributed by atoms with Gasteiger partial charge in [0, 0.05) is 0 Å². The molecule has 154 valence electrons. The lowest BCUT2D eigenvalue weighted by Gasteiger charge is -2.10. The van der Waals surface area contributed by atoms with E-state index in [2.05, 4.69) is 24.3 Å². The van der Waals surface area contributed by atoms with Gasteiger partial charge >= 0.3 is 12.1 Å². The summed E-state index contributed by atoms with van der Waals surface area (Å²) in [5.74, 6) is -0.147. The van der Waals surface area contributed by atoms with Crippen molar-refractivity contribution >= 4 is 22.9 Å². The van der Waals surface area contributed by atoms with Crippen LogP contribution in [0.3, 0.4) is 0 Å². The van der Waals surface area contributed by atoms with Crippen LogP contribution in [-0.2, 0) is 4.74 Å². The van der Waals surface area contributed by atoms with Gasteiger partial charge in [-0.2, -0.15) is 0 Å². The smallest absolute Gasteiger partial charge is 0.462 e. The van der Waals surface area contributed by atoms with E-state index in [1.54, 1.807) is 31.2 Å². The van der Waals surface area contributed by atoms with Gasteiger partial charge in [-0.1, -0.05) is 66.7 Å². The molecule has 0 aliphatic heterocycles. The maximum absolute atomic E-state index is 12.2. The Bertz CT molecular complexity index is 1220. The van der Waals surface area contributed by atoms with Gasteiger partial charge in [0.2, 0.25) is 0 Å². The van der Waals surface area contributed by atoms with Crippen LogP contribution in [0.5, 0.6) is 11.5 Å². The fraction of sp³-hybridized carbons (Fsp3) is 0.0769. The van der Waals surface area contributed by atoms with Crippen molar-refractivity contribution in [3.8, 4) is 22.6 Å². The second-order valence-corrected chi connectivity index (χ2v) is 6.72. The van der Waals surface area contributed by atoms with Crippen molar-refractivity contribution in [1.29, 1.82) is 0 Å². The van der Waals surface area contributed by atoms with E-state index in [0.717, 1.165) is 21.9 Å². The van der Waals surface area contributed by atoms with Crippen LogP contribution in [0.2, 0.25) is 0 Å². The van der Waals surface area contributed by atoms with Gasteiger partial charge in [-0.3, -0.25) is 0 Å². The molecule has 0 atom stereocenters. The number of hydrogen-bond donors (Lipinski definition) is 0. The van der Waals surface area contributed by atoms with E-state index >= 15 is 0 Å². The molecule has 0 fully saturated rings. The lowest BCUT2D eigenvalue weighted by atomic mass is 9.98. The minimum atomic E-state index is -0.936. The molecule has 0 saturated heterocycles. The summed E-state index contributed by atoms with van der Waals surface area (Å²) in [6, 6.07) is 27.8. The molecule has 4 aromatic carbocycles. The zero-order valence-electron chi connectivity index (χ0n) is 16.9. The number of benzene rings is 4. The minimum absolute atomic E-state index is 0.0818. The predicted octanol–water partition coefficient (Wildman–Crippen LogP) is 6.26. The van der Waals surface area contributed by atoms with Crippen LogP contribution in [0.25, 0.3) is 21.9 Å². The Morgan fingerprint density at radius 1 is 0.742 bits per heavy atom. The maximum Gasteiger partial charge on any atom is 0.519 e. The van der Waals surface area contributed by atoms with Crippen molar-refractivity contribution in [2.75, 3.05) is 6.61 Å². The quantitative estimate of drug-likeness (QED) is 0.286. The maximum atomic E-state index is 12.2. The molecule has 0 heterocycles. The van der Waals surface area contributed by atoms with E-state index in [-0.39, 0.29) is 17.9 Å². The van der Waals surface area contributed by atoms with Crippen molar-refractivity contribution in [1.82, 2.24) is 0 Å². The third-order valence-corrected chi connectivity index (χ3v) is 4.73. The first kappa shape index (κ1) is 20.2. The Morgan fingerprint density at radius 2 is 1.45 bits per heavy atom. The summed E-state index contributed by atoms with van der Waals surface area (Å²) < 4.78 is 15.5. The van der Waals surface area contributed by atoms with Crippen LogP contribution in [-0.4, -0.2) is 18.7 Å². The second kappa shape index (κ2) is 9.13. The van der Waals surface area contributed by atoms with Gasteiger partial charge in [-0.15, -0.1) is 0 Å². The number of para-hydroxylation sites is 1. The van der Waals surface area contributed by atoms with E-state index in [4.69, 9.17) is 14.2 Å². The summed E-state index contributed by atoms with van der Waals surface area (Å²) >= 11 is 0. The third-order valence-electron chi connectivity index (χ3n) is 4.73. The van der Waals surface area contributed by atoms with Crippen LogP contribution < -0.4 is 9.47 Å². The first-order valence-electron chi connectivity index (χ1n) is 9.89. The SMILES string of the molecule is CCOC(=O)c1ccccc1OC(=O)Oc1ccc(-c2cccc3ccccc23)cc1. The number of hydrogen-bond acceptors (Lipinski definition) is 5. The van der Waals surface area contributed by atoms with Crippen LogP contribution in [0, 0.1) is 0 Å². The zero-order chi connectivity index (χ0) is 21.6. The second-order valence-electron chi connectivity index (χ2n) is 6.72. The fourth-order valence-electron chi connectivity index (χ4n) is 3.32. The topological polar surface area (TPSA) is 61.8 Å². The number of fused-ring (bicyclic) bond motifs is 1. The van der Waals surface area contributed by atoms with E-state index in [1.807, 2.05) is 30.3 Å². The molecular formula is C26H20O5. The summed E-state index contributed by atoms with van der Waals surface area (Å²) in [6.45, 7) is 1.93. The molecule has 0 bridgehead atoms. The Morgan fingerprint density at radius 3 is 2.26 bits per heavy atom. The molecule has 0 saturated carbocycles. The molecule has 4 aromatic rings. The molecule has 0 spiro atoms. The number of carbonyl (C=O) groups excluding carboxylic acids is 2. The third kappa shape index (κ3) is 4.56. The average Bonchev–Trinajstić information content (AvgIpc) is 2.80. The Hall–Kier alpha value is -4.12. The summed E-state index contributed by atoms with van der Waals surface area (Å²) in [4.78, 5) is 24.3. The highest BCUT2D eigenvalue weighted by atomic mass is 16.7. The highest BCUT2D eigenvalue weighted by molar-refractivity contribution is 5.96. The lowest BCUT2D eigenvalue weighted by molar-refractivity contribution is 0.0522. The largest absolute Gasteiger partial charge is 0.519 e. The van der Waals surface area contributed by atoms with Crippen molar-refractivity contribution in [2.45, 2.75) is 6.92 Å². The Kier molecular flexibility index (Phi) is 5.94. The molecule has 0 radical (unpaired) electrons. The summed E-state index contributed by atoms with van der Waals surface area (Å²) in [5, 5.41) is 2.30. The number of rotatable bonds is 5. The first-order valence-corrected chi connectivity index (χ1v) is 9.89. The van der Waals surface area contributed by atoms with Crippen molar-refractivity contribution < 1.29 is 23.8 Å². The van der Waals surface area contributed by atoms with Gasteiger partial charge in [0.15, 0.2) is 0 Å². The van der Waals surface area contributed by atoms with Crippen LogP contribution in [0.1, 0.15) is 17.3 Å². The van der Waals surface area contributed by atoms with Gasteiger partial charge in [-0.25, -0.2) is 9.59 Å². The van der Waals surface area contributed by atoms with E-state index in [0.29, 0.717) is 5.75 Å². The van der Waals surface area contributed by atoms with E-state index in [9.17, 15) is 9.59 Å². The van der Waals surface area contributed by atoms with Gasteiger partial charge in [-0.05, 0) is 53.1 Å².